The van der Waals surface area contributed by atoms with Crippen molar-refractivity contribution in [3.63, 3.8) is 0 Å². The summed E-state index contributed by atoms with van der Waals surface area (Å²) in [6.07, 6.45) is 14.2. The van der Waals surface area contributed by atoms with E-state index in [1.807, 2.05) is 53.7 Å². The highest BCUT2D eigenvalue weighted by atomic mass is 14.9. The number of hydrogen-bond donors (Lipinski definition) is 0. The lowest BCUT2D eigenvalue weighted by Gasteiger charge is -2.20. The zero-order valence-electron chi connectivity index (χ0n) is 39.2. The van der Waals surface area contributed by atoms with Crippen LogP contribution < -0.4 is 0 Å². The topological polar surface area (TPSA) is 52.0 Å². The maximum Gasteiger partial charge on any atom is 0.0999 e. The van der Waals surface area contributed by atoms with Crippen LogP contribution in [0.2, 0.25) is 0 Å². The number of fused-ring (bicyclic) bond motifs is 10. The second kappa shape index (κ2) is 18.8. The van der Waals surface area contributed by atoms with Crippen molar-refractivity contribution in [1.82, 2.24) is 4.40 Å². The zero-order valence-corrected chi connectivity index (χ0v) is 39.2. The van der Waals surface area contributed by atoms with Crippen LogP contribution >= 0.6 is 0 Å². The van der Waals surface area contributed by atoms with Crippen LogP contribution in [-0.2, 0) is 0 Å². The Morgan fingerprint density at radius 2 is 1.11 bits per heavy atom. The first-order valence-electron chi connectivity index (χ1n) is 23.2. The van der Waals surface area contributed by atoms with E-state index in [1.54, 1.807) is 0 Å². The fourth-order valence-electron chi connectivity index (χ4n) is 10.6. The third kappa shape index (κ3) is 7.18. The van der Waals surface area contributed by atoms with Crippen molar-refractivity contribution in [2.24, 2.45) is 5.92 Å². The van der Waals surface area contributed by atoms with Gasteiger partial charge in [0.25, 0.3) is 0 Å². The molecule has 7 aromatic rings. The van der Waals surface area contributed by atoms with Crippen LogP contribution in [0.5, 0.6) is 0 Å². The van der Waals surface area contributed by atoms with E-state index in [0.29, 0.717) is 11.1 Å². The summed E-state index contributed by atoms with van der Waals surface area (Å²) in [6.45, 7) is 27.7. The van der Waals surface area contributed by atoms with Gasteiger partial charge in [-0.05, 0) is 132 Å². The first-order valence-corrected chi connectivity index (χ1v) is 23.2. The molecule has 61 heavy (non-hydrogen) atoms. The number of rotatable bonds is 4. The summed E-state index contributed by atoms with van der Waals surface area (Å²) < 4.78 is 2.40. The van der Waals surface area contributed by atoms with Gasteiger partial charge in [-0.2, -0.15) is 10.5 Å². The van der Waals surface area contributed by atoms with E-state index in [0.717, 1.165) is 57.4 Å². The van der Waals surface area contributed by atoms with E-state index in [2.05, 4.69) is 131 Å². The van der Waals surface area contributed by atoms with Crippen LogP contribution in [0.4, 0.5) is 0 Å². The van der Waals surface area contributed by atoms with Crippen molar-refractivity contribution in [1.29, 1.82) is 10.5 Å². The quantitative estimate of drug-likeness (QED) is 0.166. The largest absolute Gasteiger partial charge is 0.308 e. The van der Waals surface area contributed by atoms with Gasteiger partial charge >= 0.3 is 0 Å². The predicted molar refractivity (Wildman–Crippen MR) is 266 cm³/mol. The Bertz CT molecular complexity index is 2910. The normalized spacial score (nSPS) is 14.6. The van der Waals surface area contributed by atoms with Crippen molar-refractivity contribution >= 4 is 56.3 Å². The first-order chi connectivity index (χ1) is 29.7. The summed E-state index contributed by atoms with van der Waals surface area (Å²) in [5.41, 5.74) is 23.5. The molecule has 2 aromatic heterocycles. The molecule has 5 aromatic carbocycles. The average Bonchev–Trinajstić information content (AvgIpc) is 4.13. The maximum atomic E-state index is 10.6. The minimum atomic E-state index is 0.239. The highest BCUT2D eigenvalue weighted by Gasteiger charge is 2.34. The maximum absolute atomic E-state index is 10.6. The fraction of sp³-hybridized carbons (Fsp3) is 0.362. The van der Waals surface area contributed by atoms with Crippen molar-refractivity contribution in [2.45, 2.75) is 134 Å². The Labute approximate surface area is 366 Å². The Balaban J connectivity index is 0.000000463. The van der Waals surface area contributed by atoms with Gasteiger partial charge in [0.1, 0.15) is 0 Å². The number of aryl methyl sites for hydroxylation is 4. The molecule has 1 atom stereocenters. The molecule has 0 spiro atoms. The molecule has 1 saturated carbocycles. The lowest BCUT2D eigenvalue weighted by Crippen LogP contribution is -2.00. The van der Waals surface area contributed by atoms with E-state index in [9.17, 15) is 10.5 Å². The molecule has 0 amide bonds. The monoisotopic (exact) mass is 804 g/mol. The van der Waals surface area contributed by atoms with E-state index in [1.165, 1.54) is 97.5 Å². The van der Waals surface area contributed by atoms with Crippen LogP contribution in [0.25, 0.3) is 78.6 Å². The summed E-state index contributed by atoms with van der Waals surface area (Å²) >= 11 is 0. The van der Waals surface area contributed by atoms with Gasteiger partial charge in [0.05, 0.1) is 39.8 Å². The summed E-state index contributed by atoms with van der Waals surface area (Å²) in [5, 5.41) is 25.9. The van der Waals surface area contributed by atoms with Crippen LogP contribution in [0.1, 0.15) is 162 Å². The van der Waals surface area contributed by atoms with Gasteiger partial charge in [-0.1, -0.05) is 136 Å². The number of nitrogens with zero attached hydrogens (tertiary/aromatic N) is 3. The molecule has 0 N–H and O–H groups in total. The number of hydrogen-bond acceptors (Lipinski definition) is 2. The van der Waals surface area contributed by atoms with Gasteiger partial charge in [0, 0.05) is 38.6 Å². The van der Waals surface area contributed by atoms with E-state index in [-0.39, 0.29) is 5.92 Å². The fourth-order valence-corrected chi connectivity index (χ4v) is 10.6. The lowest BCUT2D eigenvalue weighted by atomic mass is 9.82. The van der Waals surface area contributed by atoms with Crippen LogP contribution in [0, 0.1) is 56.3 Å². The molecule has 0 bridgehead atoms. The Morgan fingerprint density at radius 1 is 0.639 bits per heavy atom. The number of nitriles is 2. The highest BCUT2D eigenvalue weighted by molar-refractivity contribution is 6.33. The molecular weight excluding hydrogens is 739 g/mol. The highest BCUT2D eigenvalue weighted by Crippen LogP contribution is 2.55. The third-order valence-corrected chi connectivity index (χ3v) is 13.1. The molecule has 3 aliphatic carbocycles. The molecule has 312 valence electrons. The smallest absolute Gasteiger partial charge is 0.0999 e. The minimum absolute atomic E-state index is 0.239. The van der Waals surface area contributed by atoms with Crippen molar-refractivity contribution in [3.8, 4) is 34.4 Å². The van der Waals surface area contributed by atoms with Gasteiger partial charge in [-0.25, -0.2) is 0 Å². The van der Waals surface area contributed by atoms with Gasteiger partial charge in [0.2, 0.25) is 0 Å². The van der Waals surface area contributed by atoms with Gasteiger partial charge in [-0.3, -0.25) is 0 Å². The predicted octanol–water partition coefficient (Wildman–Crippen LogP) is 17.4. The molecule has 3 nitrogen and oxygen atoms in total. The number of benzene rings is 5. The Kier molecular flexibility index (Phi) is 13.8. The molecular formula is C58H65N3. The van der Waals surface area contributed by atoms with Crippen molar-refractivity contribution < 1.29 is 0 Å². The second-order valence-electron chi connectivity index (χ2n) is 16.3. The first kappa shape index (κ1) is 44.7. The Hall–Kier alpha value is -5.86. The Morgan fingerprint density at radius 3 is 1.57 bits per heavy atom. The standard InChI is InChI=1S/C46H35N3.C6H12.3C2H6/c1-7-28-18-34-30(23-48)20-38-45(41(34)31(28)8-2)44-36(40-26(5)14-10-15-27(40)6)21-35(39-24(3)12-9-13-25(39)4)43-42-33-17-11-16-32(33)29(22-47)19-37(42)49(38)46(43)44;1-6-4-2-3-5-6;3*1-2/h9-10,12-21,31H,7-8H2,1-6H3;6H,2-5H2,1H3;3*1-2H3. The molecule has 0 aliphatic heterocycles. The van der Waals surface area contributed by atoms with E-state index in [4.69, 9.17) is 0 Å². The van der Waals surface area contributed by atoms with Crippen LogP contribution in [0.15, 0.2) is 65.9 Å². The molecule has 2 heterocycles. The van der Waals surface area contributed by atoms with Crippen LogP contribution in [-0.4, -0.2) is 4.40 Å². The summed E-state index contributed by atoms with van der Waals surface area (Å²) in [7, 11) is 0. The molecule has 1 fully saturated rings. The molecule has 3 heteroatoms. The summed E-state index contributed by atoms with van der Waals surface area (Å²) in [6, 6.07) is 24.9. The summed E-state index contributed by atoms with van der Waals surface area (Å²) in [5.74, 6) is 1.29. The summed E-state index contributed by atoms with van der Waals surface area (Å²) in [4.78, 5) is 0. The van der Waals surface area contributed by atoms with Gasteiger partial charge in [0.15, 0.2) is 0 Å². The van der Waals surface area contributed by atoms with Gasteiger partial charge in [-0.15, -0.1) is 5.73 Å². The van der Waals surface area contributed by atoms with E-state index < -0.39 is 0 Å². The van der Waals surface area contributed by atoms with Crippen molar-refractivity contribution in [3.05, 3.63) is 122 Å². The molecule has 1 unspecified atom stereocenters. The molecule has 10 rings (SSSR count). The average molecular weight is 804 g/mol. The van der Waals surface area contributed by atoms with Gasteiger partial charge < -0.3 is 4.40 Å². The van der Waals surface area contributed by atoms with Crippen molar-refractivity contribution in [2.75, 3.05) is 0 Å². The molecule has 0 saturated heterocycles. The molecule has 0 radical (unpaired) electrons. The zero-order chi connectivity index (χ0) is 44.3. The molecule has 3 aliphatic rings. The number of aromatic nitrogens is 1. The number of allylic oxidation sites excluding steroid dienone is 1. The van der Waals surface area contributed by atoms with Crippen LogP contribution in [0.3, 0.4) is 0 Å². The minimum Gasteiger partial charge on any atom is -0.308 e. The SMILES string of the molecule is CC.CC.CC.CC1CCCC1.CCC1=Cc2c(C#N)cc3c(c2C1CC)c1c(-c2c(C)cccc2C)cc(-c2c(C)cccc2C)c2c4c5c(c(C#N)cc4n3c21)C=C=C5. The second-order valence-corrected chi connectivity index (χ2v) is 16.3. The lowest BCUT2D eigenvalue weighted by molar-refractivity contribution is 0.612. The third-order valence-electron chi connectivity index (χ3n) is 13.1. The van der Waals surface area contributed by atoms with E-state index >= 15 is 0 Å².